The van der Waals surface area contributed by atoms with E-state index in [0.717, 1.165) is 13.8 Å². The van der Waals surface area contributed by atoms with E-state index in [-0.39, 0.29) is 37.1 Å². The van der Waals surface area contributed by atoms with E-state index in [1.54, 1.807) is 12.1 Å². The lowest BCUT2D eigenvalue weighted by Gasteiger charge is -2.32. The van der Waals surface area contributed by atoms with E-state index < -0.39 is 75.4 Å². The number of nitrogen functional groups attached to an aromatic ring is 1. The Balaban J connectivity index is 1.40. The van der Waals surface area contributed by atoms with Crippen LogP contribution in [0.1, 0.15) is 45.4 Å². The molecule has 6 atom stereocenters. The van der Waals surface area contributed by atoms with Crippen LogP contribution in [0.15, 0.2) is 18.5 Å². The molecule has 2 saturated heterocycles. The third-order valence-corrected chi connectivity index (χ3v) is 8.73. The van der Waals surface area contributed by atoms with Gasteiger partial charge < -0.3 is 29.2 Å². The zero-order valence-electron chi connectivity index (χ0n) is 25.7. The fourth-order valence-electron chi connectivity index (χ4n) is 5.44. The number of hydrogen-bond donors (Lipinski definition) is 2. The molecule has 1 unspecified atom stereocenters. The SMILES string of the molecule is CC(=O)O[C@H]1[C@H](c2ccc3c(N)ncnn23)O[C@](C#N)(CO[PH](=O)N[C@@H](C)C(=O)OCC2CCN(CC(F)(F)F)CC2)[C@H]1OC(C)=O. The molecule has 2 aliphatic heterocycles. The molecular weight excluding hydrogens is 654 g/mol. The highest BCUT2D eigenvalue weighted by molar-refractivity contribution is 7.36. The number of piperidine rings is 1. The standard InChI is InChI=1S/C27H35F3N7O9P/c1-15(25(40)42-10-18-6-8-36(9-7-18)12-27(28,29)30)35-47(41)43-13-26(11-31)23(45-17(3)39)22(44-16(2)38)21(46-26)19-4-5-20-24(32)33-14-34-37(19)20/h4-5,14-15,18,21-23,47H,6-10,12-13H2,1-3H3,(H,35,41)(H2,32,33,34)/t15-,21-,22-,23-,26+/m0/s1. The monoisotopic (exact) mass is 689 g/mol. The van der Waals surface area contributed by atoms with E-state index in [4.69, 9.17) is 29.2 Å². The molecule has 16 nitrogen and oxygen atoms in total. The van der Waals surface area contributed by atoms with Crippen LogP contribution in [0.4, 0.5) is 19.0 Å². The van der Waals surface area contributed by atoms with Gasteiger partial charge in [-0.05, 0) is 50.9 Å². The van der Waals surface area contributed by atoms with Crippen LogP contribution in [0, 0.1) is 17.2 Å². The summed E-state index contributed by atoms with van der Waals surface area (Å²) in [5, 5.41) is 16.9. The summed E-state index contributed by atoms with van der Waals surface area (Å²) in [6, 6.07) is 3.89. The summed E-state index contributed by atoms with van der Waals surface area (Å²) in [5.41, 5.74) is 4.43. The molecule has 0 bridgehead atoms. The molecular formula is C27H35F3N7O9P. The molecule has 258 valence electrons. The molecule has 2 fully saturated rings. The third kappa shape index (κ3) is 8.96. The van der Waals surface area contributed by atoms with Crippen molar-refractivity contribution in [3.63, 3.8) is 0 Å². The second-order valence-electron chi connectivity index (χ2n) is 11.3. The van der Waals surface area contributed by atoms with Gasteiger partial charge in [0.15, 0.2) is 18.0 Å². The molecule has 4 heterocycles. The van der Waals surface area contributed by atoms with Gasteiger partial charge in [-0.25, -0.2) is 14.6 Å². The molecule has 0 spiro atoms. The number of ether oxygens (including phenoxy) is 4. The molecule has 20 heteroatoms. The molecule has 2 aromatic rings. The lowest BCUT2D eigenvalue weighted by Crippen LogP contribution is -2.49. The zero-order valence-corrected chi connectivity index (χ0v) is 26.7. The molecule has 3 N–H and O–H groups in total. The third-order valence-electron chi connectivity index (χ3n) is 7.66. The highest BCUT2D eigenvalue weighted by Crippen LogP contribution is 2.45. The lowest BCUT2D eigenvalue weighted by atomic mass is 9.95. The maximum absolute atomic E-state index is 12.9. The van der Waals surface area contributed by atoms with Gasteiger partial charge >= 0.3 is 24.1 Å². The summed E-state index contributed by atoms with van der Waals surface area (Å²) >= 11 is 0. The minimum absolute atomic E-state index is 0.0220. The lowest BCUT2D eigenvalue weighted by molar-refractivity contribution is -0.166. The van der Waals surface area contributed by atoms with E-state index in [0.29, 0.717) is 18.4 Å². The summed E-state index contributed by atoms with van der Waals surface area (Å²) in [6.07, 6.45) is -6.45. The Bertz CT molecular complexity index is 1530. The first kappa shape index (κ1) is 36.0. The van der Waals surface area contributed by atoms with E-state index in [1.807, 2.05) is 6.07 Å². The summed E-state index contributed by atoms with van der Waals surface area (Å²) in [5.74, 6) is -2.39. The van der Waals surface area contributed by atoms with Crippen LogP contribution in [-0.4, -0.2) is 100 Å². The Kier molecular flexibility index (Phi) is 11.5. The fourth-order valence-corrected chi connectivity index (χ4v) is 6.34. The van der Waals surface area contributed by atoms with Gasteiger partial charge in [0.2, 0.25) is 5.60 Å². The Morgan fingerprint density at radius 3 is 2.53 bits per heavy atom. The molecule has 2 aliphatic rings. The van der Waals surface area contributed by atoms with Gasteiger partial charge in [0.25, 0.3) is 8.18 Å². The van der Waals surface area contributed by atoms with Crippen molar-refractivity contribution >= 4 is 37.4 Å². The number of rotatable bonds is 12. The van der Waals surface area contributed by atoms with Gasteiger partial charge in [0, 0.05) is 13.8 Å². The normalized spacial score (nSPS) is 25.2. The van der Waals surface area contributed by atoms with Crippen molar-refractivity contribution in [2.45, 2.75) is 69.7 Å². The number of nitrogens with one attached hydrogen (secondary N) is 1. The van der Waals surface area contributed by atoms with Crippen LogP contribution >= 0.6 is 8.18 Å². The van der Waals surface area contributed by atoms with E-state index in [1.165, 1.54) is 22.7 Å². The largest absolute Gasteiger partial charge is 0.464 e. The average Bonchev–Trinajstić information content (AvgIpc) is 3.54. The number of nitrogens with two attached hydrogens (primary N) is 1. The van der Waals surface area contributed by atoms with Crippen molar-refractivity contribution in [1.82, 2.24) is 24.6 Å². The summed E-state index contributed by atoms with van der Waals surface area (Å²) in [7, 11) is -3.27. The van der Waals surface area contributed by atoms with Crippen molar-refractivity contribution in [2.75, 3.05) is 38.6 Å². The van der Waals surface area contributed by atoms with Crippen LogP contribution in [0.5, 0.6) is 0 Å². The molecule has 0 amide bonds. The van der Waals surface area contributed by atoms with Gasteiger partial charge in [0.05, 0.1) is 18.8 Å². The molecule has 4 rings (SSSR count). The Morgan fingerprint density at radius 1 is 1.23 bits per heavy atom. The molecule has 47 heavy (non-hydrogen) atoms. The number of carbonyl (C=O) groups is 3. The second kappa shape index (κ2) is 14.9. The van der Waals surface area contributed by atoms with Crippen LogP contribution in [0.3, 0.4) is 0 Å². The number of likely N-dealkylation sites (tertiary alicyclic amines) is 1. The predicted octanol–water partition coefficient (Wildman–Crippen LogP) is 1.71. The van der Waals surface area contributed by atoms with Crippen molar-refractivity contribution in [2.24, 2.45) is 5.92 Å². The second-order valence-corrected chi connectivity index (χ2v) is 12.4. The average molecular weight is 690 g/mol. The molecule has 0 radical (unpaired) electrons. The maximum atomic E-state index is 12.9. The van der Waals surface area contributed by atoms with Gasteiger partial charge in [-0.1, -0.05) is 0 Å². The Hall–Kier alpha value is -3.82. The first-order valence-electron chi connectivity index (χ1n) is 14.5. The molecule has 0 saturated carbocycles. The Labute approximate surface area is 267 Å². The van der Waals surface area contributed by atoms with Crippen molar-refractivity contribution in [3.8, 4) is 6.07 Å². The summed E-state index contributed by atoms with van der Waals surface area (Å²) in [4.78, 5) is 42.0. The smallest absolute Gasteiger partial charge is 0.401 e. The zero-order chi connectivity index (χ0) is 34.5. The number of halogens is 3. The number of nitrogens with zero attached hydrogens (tertiary/aromatic N) is 5. The minimum atomic E-state index is -4.29. The van der Waals surface area contributed by atoms with Gasteiger partial charge in [-0.15, -0.1) is 0 Å². The Morgan fingerprint density at radius 2 is 1.91 bits per heavy atom. The number of aromatic nitrogens is 3. The van der Waals surface area contributed by atoms with Crippen molar-refractivity contribution < 1.29 is 55.6 Å². The molecule has 0 aromatic carbocycles. The van der Waals surface area contributed by atoms with Crippen molar-refractivity contribution in [3.05, 3.63) is 24.2 Å². The first-order chi connectivity index (χ1) is 22.1. The highest BCUT2D eigenvalue weighted by Gasteiger charge is 2.61. The number of alkyl halides is 3. The van der Waals surface area contributed by atoms with Gasteiger partial charge in [-0.3, -0.25) is 23.8 Å². The fraction of sp³-hybridized carbons (Fsp3) is 0.630. The number of hydrogen-bond acceptors (Lipinski definition) is 14. The molecule has 2 aromatic heterocycles. The summed E-state index contributed by atoms with van der Waals surface area (Å²) < 4.78 is 79.8. The van der Waals surface area contributed by atoms with Crippen LogP contribution in [0.25, 0.3) is 5.52 Å². The number of fused-ring (bicyclic) bond motifs is 1. The number of esters is 3. The van der Waals surface area contributed by atoms with Gasteiger partial charge in [0.1, 0.15) is 36.7 Å². The number of anilines is 1. The van der Waals surface area contributed by atoms with E-state index in [9.17, 15) is 37.4 Å². The highest BCUT2D eigenvalue weighted by atomic mass is 31.1. The topological polar surface area (TPSA) is 210 Å². The number of carbonyl (C=O) groups excluding carboxylic acids is 3. The van der Waals surface area contributed by atoms with Crippen LogP contribution in [0.2, 0.25) is 0 Å². The number of nitriles is 1. The van der Waals surface area contributed by atoms with E-state index >= 15 is 0 Å². The first-order valence-corrected chi connectivity index (χ1v) is 15.8. The van der Waals surface area contributed by atoms with E-state index in [2.05, 4.69) is 15.2 Å². The van der Waals surface area contributed by atoms with Crippen LogP contribution in [-0.2, 0) is 42.4 Å². The molecule has 0 aliphatic carbocycles. The van der Waals surface area contributed by atoms with Gasteiger partial charge in [-0.2, -0.15) is 23.5 Å². The van der Waals surface area contributed by atoms with Crippen LogP contribution < -0.4 is 10.8 Å². The maximum Gasteiger partial charge on any atom is 0.401 e. The predicted molar refractivity (Wildman–Crippen MR) is 154 cm³/mol. The minimum Gasteiger partial charge on any atom is -0.464 e. The summed E-state index contributed by atoms with van der Waals surface area (Å²) in [6.45, 7) is 2.22. The van der Waals surface area contributed by atoms with Crippen molar-refractivity contribution in [1.29, 1.82) is 5.26 Å². The quantitative estimate of drug-likeness (QED) is 0.185.